The second kappa shape index (κ2) is 10.5. The molecule has 0 aliphatic carbocycles. The number of carbonyl (C=O) groups excluding carboxylic acids is 1. The van der Waals surface area contributed by atoms with E-state index < -0.39 is 0 Å². The van der Waals surface area contributed by atoms with Gasteiger partial charge in [0.2, 0.25) is 0 Å². The highest BCUT2D eigenvalue weighted by atomic mass is 16.5. The molecule has 1 fully saturated rings. The van der Waals surface area contributed by atoms with E-state index in [1.807, 2.05) is 12.1 Å². The van der Waals surface area contributed by atoms with Crippen molar-refractivity contribution in [3.63, 3.8) is 0 Å². The minimum Gasteiger partial charge on any atom is -0.390 e. The van der Waals surface area contributed by atoms with Crippen LogP contribution in [0.4, 0.5) is 0 Å². The van der Waals surface area contributed by atoms with E-state index in [4.69, 9.17) is 4.74 Å². The lowest BCUT2D eigenvalue weighted by Crippen LogP contribution is -2.39. The molecule has 1 heterocycles. The first kappa shape index (κ1) is 19.0. The van der Waals surface area contributed by atoms with Crippen LogP contribution in [0, 0.1) is 17.2 Å². The van der Waals surface area contributed by atoms with Crippen LogP contribution in [0.5, 0.6) is 0 Å². The van der Waals surface area contributed by atoms with Gasteiger partial charge in [0.25, 0.3) is 5.91 Å². The molecule has 1 aliphatic heterocycles. The van der Waals surface area contributed by atoms with Crippen molar-refractivity contribution in [2.75, 3.05) is 33.4 Å². The van der Waals surface area contributed by atoms with Crippen molar-refractivity contribution in [3.8, 4) is 6.07 Å². The topological polar surface area (TPSA) is 65.4 Å². The molecule has 0 aromatic heterocycles. The fourth-order valence-corrected chi connectivity index (χ4v) is 3.09. The van der Waals surface area contributed by atoms with Crippen LogP contribution in [0.1, 0.15) is 24.8 Å². The molecule has 0 unspecified atom stereocenters. The van der Waals surface area contributed by atoms with Gasteiger partial charge in [0.1, 0.15) is 11.6 Å². The molecule has 1 N–H and O–H groups in total. The van der Waals surface area contributed by atoms with Crippen molar-refractivity contribution >= 4 is 5.91 Å². The Kier molecular flexibility index (Phi) is 8.00. The first-order valence-corrected chi connectivity index (χ1v) is 8.90. The van der Waals surface area contributed by atoms with Gasteiger partial charge in [-0.15, -0.1) is 0 Å². The first-order chi connectivity index (χ1) is 12.2. The second-order valence-electron chi connectivity index (χ2n) is 6.40. The van der Waals surface area contributed by atoms with Gasteiger partial charge < -0.3 is 15.0 Å². The zero-order valence-electron chi connectivity index (χ0n) is 14.9. The summed E-state index contributed by atoms with van der Waals surface area (Å²) in [6.45, 7) is 2.79. The highest BCUT2D eigenvalue weighted by Gasteiger charge is 2.25. The number of amides is 1. The molecule has 0 spiro atoms. The van der Waals surface area contributed by atoms with Gasteiger partial charge in [0.15, 0.2) is 0 Å². The Bertz CT molecular complexity index is 599. The third-order valence-electron chi connectivity index (χ3n) is 4.54. The maximum atomic E-state index is 12.5. The molecular formula is C20H27N3O2. The molecule has 134 valence electrons. The van der Waals surface area contributed by atoms with Crippen LogP contribution in [0.3, 0.4) is 0 Å². The Morgan fingerprint density at radius 1 is 1.36 bits per heavy atom. The molecule has 0 saturated carbocycles. The van der Waals surface area contributed by atoms with Gasteiger partial charge in [-0.2, -0.15) is 5.26 Å². The molecule has 1 aromatic rings. The fourth-order valence-electron chi connectivity index (χ4n) is 3.09. The third kappa shape index (κ3) is 6.24. The number of methoxy groups -OCH3 is 1. The number of piperidine rings is 1. The molecular weight excluding hydrogens is 314 g/mol. The fraction of sp³-hybridized carbons (Fsp3) is 0.500. The van der Waals surface area contributed by atoms with E-state index in [1.165, 1.54) is 11.8 Å². The van der Waals surface area contributed by atoms with E-state index in [0.29, 0.717) is 19.1 Å². The van der Waals surface area contributed by atoms with Crippen LogP contribution in [0.15, 0.2) is 42.1 Å². The predicted molar refractivity (Wildman–Crippen MR) is 97.6 cm³/mol. The molecule has 0 radical (unpaired) electrons. The van der Waals surface area contributed by atoms with Crippen molar-refractivity contribution < 1.29 is 9.53 Å². The van der Waals surface area contributed by atoms with Gasteiger partial charge in [-0.1, -0.05) is 30.3 Å². The average molecular weight is 341 g/mol. The monoisotopic (exact) mass is 341 g/mol. The number of nitrogens with zero attached hydrogens (tertiary/aromatic N) is 2. The normalized spacial score (nSPS) is 15.7. The van der Waals surface area contributed by atoms with Crippen molar-refractivity contribution in [1.29, 1.82) is 5.26 Å². The zero-order valence-corrected chi connectivity index (χ0v) is 14.9. The average Bonchev–Trinajstić information content (AvgIpc) is 2.66. The highest BCUT2D eigenvalue weighted by Crippen LogP contribution is 2.22. The van der Waals surface area contributed by atoms with Crippen LogP contribution in [-0.4, -0.2) is 44.2 Å². The van der Waals surface area contributed by atoms with E-state index >= 15 is 0 Å². The summed E-state index contributed by atoms with van der Waals surface area (Å²) in [6.07, 6.45) is 5.41. The Morgan fingerprint density at radius 2 is 2.08 bits per heavy atom. The van der Waals surface area contributed by atoms with Crippen LogP contribution >= 0.6 is 0 Å². The van der Waals surface area contributed by atoms with Crippen molar-refractivity contribution in [1.82, 2.24) is 10.2 Å². The van der Waals surface area contributed by atoms with Crippen LogP contribution in [-0.2, 0) is 16.0 Å². The Balaban J connectivity index is 1.79. The number of hydrogen-bond donors (Lipinski definition) is 1. The SMILES string of the molecule is COCCCN/C=C(/C#N)C(=O)N1CCC(Cc2ccccc2)CC1. The minimum absolute atomic E-state index is 0.167. The van der Waals surface area contributed by atoms with E-state index in [9.17, 15) is 10.1 Å². The summed E-state index contributed by atoms with van der Waals surface area (Å²) in [6, 6.07) is 12.5. The van der Waals surface area contributed by atoms with Crippen molar-refractivity contribution in [2.45, 2.75) is 25.7 Å². The number of nitriles is 1. The van der Waals surface area contributed by atoms with Crippen LogP contribution in [0.2, 0.25) is 0 Å². The number of nitrogens with one attached hydrogen (secondary N) is 1. The van der Waals surface area contributed by atoms with Gasteiger partial charge in [0, 0.05) is 39.6 Å². The van der Waals surface area contributed by atoms with Gasteiger partial charge in [-0.05, 0) is 37.2 Å². The standard InChI is InChI=1S/C20H27N3O2/c1-25-13-5-10-22-16-19(15-21)20(24)23-11-8-18(9-12-23)14-17-6-3-2-4-7-17/h2-4,6-7,16,18,22H,5,8-14H2,1H3/b19-16-. The van der Waals surface area contributed by atoms with E-state index in [0.717, 1.165) is 38.8 Å². The maximum absolute atomic E-state index is 12.5. The minimum atomic E-state index is -0.167. The third-order valence-corrected chi connectivity index (χ3v) is 4.54. The zero-order chi connectivity index (χ0) is 17.9. The summed E-state index contributed by atoms with van der Waals surface area (Å²) < 4.78 is 4.97. The first-order valence-electron chi connectivity index (χ1n) is 8.90. The maximum Gasteiger partial charge on any atom is 0.265 e. The van der Waals surface area contributed by atoms with Gasteiger partial charge >= 0.3 is 0 Å². The molecule has 5 nitrogen and oxygen atoms in total. The predicted octanol–water partition coefficient (Wildman–Crippen LogP) is 2.50. The summed E-state index contributed by atoms with van der Waals surface area (Å²) in [7, 11) is 1.65. The van der Waals surface area contributed by atoms with Crippen molar-refractivity contribution in [3.05, 3.63) is 47.7 Å². The highest BCUT2D eigenvalue weighted by molar-refractivity contribution is 5.97. The second-order valence-corrected chi connectivity index (χ2v) is 6.40. The molecule has 1 aromatic carbocycles. The van der Waals surface area contributed by atoms with Gasteiger partial charge in [-0.25, -0.2) is 0 Å². The van der Waals surface area contributed by atoms with Crippen LogP contribution in [0.25, 0.3) is 0 Å². The smallest absolute Gasteiger partial charge is 0.265 e. The van der Waals surface area contributed by atoms with E-state index in [-0.39, 0.29) is 11.5 Å². The Morgan fingerprint density at radius 3 is 2.72 bits per heavy atom. The number of ether oxygens (including phenoxy) is 1. The van der Waals surface area contributed by atoms with Gasteiger partial charge in [0.05, 0.1) is 0 Å². The van der Waals surface area contributed by atoms with Crippen molar-refractivity contribution in [2.24, 2.45) is 5.92 Å². The summed E-state index contributed by atoms with van der Waals surface area (Å²) in [5, 5.41) is 12.3. The lowest BCUT2D eigenvalue weighted by molar-refractivity contribution is -0.128. The molecule has 2 rings (SSSR count). The molecule has 5 heteroatoms. The molecule has 1 amide bonds. The molecule has 1 aliphatic rings. The number of carbonyl (C=O) groups is 1. The number of hydrogen-bond acceptors (Lipinski definition) is 4. The summed E-state index contributed by atoms with van der Waals surface area (Å²) in [5.74, 6) is 0.438. The van der Waals surface area contributed by atoms with Crippen LogP contribution < -0.4 is 5.32 Å². The molecule has 0 bridgehead atoms. The summed E-state index contributed by atoms with van der Waals surface area (Å²) >= 11 is 0. The lowest BCUT2D eigenvalue weighted by Gasteiger charge is -2.32. The Hall–Kier alpha value is -2.32. The largest absolute Gasteiger partial charge is 0.390 e. The number of benzene rings is 1. The quantitative estimate of drug-likeness (QED) is 0.448. The number of rotatable bonds is 8. The summed E-state index contributed by atoms with van der Waals surface area (Å²) in [5.41, 5.74) is 1.53. The molecule has 1 saturated heterocycles. The van der Waals surface area contributed by atoms with Gasteiger partial charge in [-0.3, -0.25) is 4.79 Å². The van der Waals surface area contributed by atoms with E-state index in [2.05, 4.69) is 29.6 Å². The number of likely N-dealkylation sites (tertiary alicyclic amines) is 1. The molecule has 25 heavy (non-hydrogen) atoms. The molecule has 0 atom stereocenters. The summed E-state index contributed by atoms with van der Waals surface area (Å²) in [4.78, 5) is 14.3. The lowest BCUT2D eigenvalue weighted by atomic mass is 9.90. The Labute approximate surface area is 150 Å². The van der Waals surface area contributed by atoms with E-state index in [1.54, 1.807) is 12.0 Å².